The molecule has 3 aromatic rings. The molecule has 1 atom stereocenters. The maximum Gasteiger partial charge on any atom is 0.264 e. The molecule has 0 spiro atoms. The molecular formula is C29H32Cl3N3O4S. The molecule has 3 rings (SSSR count). The monoisotopic (exact) mass is 623 g/mol. The van der Waals surface area contributed by atoms with Gasteiger partial charge in [-0.25, -0.2) is 8.42 Å². The average molecular weight is 625 g/mol. The Kier molecular flexibility index (Phi) is 11.3. The van der Waals surface area contributed by atoms with Gasteiger partial charge in [-0.3, -0.25) is 13.9 Å². The van der Waals surface area contributed by atoms with Crippen molar-refractivity contribution in [3.63, 3.8) is 0 Å². The molecule has 0 fully saturated rings. The van der Waals surface area contributed by atoms with Crippen LogP contribution in [-0.2, 0) is 26.2 Å². The molecule has 1 N–H and O–H groups in total. The molecular weight excluding hydrogens is 593 g/mol. The first-order valence-corrected chi connectivity index (χ1v) is 15.4. The Morgan fingerprint density at radius 1 is 0.950 bits per heavy atom. The number of hydrogen-bond donors (Lipinski definition) is 1. The van der Waals surface area contributed by atoms with Crippen LogP contribution in [0.3, 0.4) is 0 Å². The lowest BCUT2D eigenvalue weighted by Gasteiger charge is -2.32. The lowest BCUT2D eigenvalue weighted by molar-refractivity contribution is -0.139. The van der Waals surface area contributed by atoms with Crippen LogP contribution >= 0.6 is 34.8 Å². The van der Waals surface area contributed by atoms with Crippen LogP contribution in [0.2, 0.25) is 15.1 Å². The molecule has 0 aliphatic carbocycles. The average Bonchev–Trinajstić information content (AvgIpc) is 2.92. The SMILES string of the molecule is CCCCNC(=O)[C@H](C)N(Cc1ccc(Cl)c(Cl)c1)C(=O)CN(c1cccc(Cl)c1)S(=O)(=O)c1ccc(C)cc1. The predicted octanol–water partition coefficient (Wildman–Crippen LogP) is 6.48. The molecule has 40 heavy (non-hydrogen) atoms. The predicted molar refractivity (Wildman–Crippen MR) is 162 cm³/mol. The van der Waals surface area contributed by atoms with Gasteiger partial charge in [0, 0.05) is 18.1 Å². The first-order valence-electron chi connectivity index (χ1n) is 12.8. The Balaban J connectivity index is 2.01. The second kappa shape index (κ2) is 14.2. The maximum absolute atomic E-state index is 13.9. The van der Waals surface area contributed by atoms with Gasteiger partial charge in [-0.2, -0.15) is 0 Å². The van der Waals surface area contributed by atoms with Crippen molar-refractivity contribution in [1.82, 2.24) is 10.2 Å². The zero-order valence-electron chi connectivity index (χ0n) is 22.5. The third-order valence-corrected chi connectivity index (χ3v) is 9.08. The molecule has 0 radical (unpaired) electrons. The second-order valence-corrected chi connectivity index (χ2v) is 12.5. The summed E-state index contributed by atoms with van der Waals surface area (Å²) < 4.78 is 28.7. The number of nitrogens with one attached hydrogen (secondary N) is 1. The van der Waals surface area contributed by atoms with Gasteiger partial charge in [0.15, 0.2) is 0 Å². The van der Waals surface area contributed by atoms with Crippen molar-refractivity contribution in [3.8, 4) is 0 Å². The van der Waals surface area contributed by atoms with Crippen molar-refractivity contribution in [2.75, 3.05) is 17.4 Å². The number of hydrogen-bond acceptors (Lipinski definition) is 4. The van der Waals surface area contributed by atoms with Crippen molar-refractivity contribution in [3.05, 3.63) is 92.9 Å². The van der Waals surface area contributed by atoms with E-state index < -0.39 is 28.5 Å². The molecule has 214 valence electrons. The zero-order valence-corrected chi connectivity index (χ0v) is 25.6. The highest BCUT2D eigenvalue weighted by Gasteiger charge is 2.32. The number of sulfonamides is 1. The highest BCUT2D eigenvalue weighted by Crippen LogP contribution is 2.28. The number of anilines is 1. The van der Waals surface area contributed by atoms with Crippen LogP contribution in [0, 0.1) is 6.92 Å². The molecule has 0 saturated carbocycles. The topological polar surface area (TPSA) is 86.8 Å². The van der Waals surface area contributed by atoms with E-state index in [0.717, 1.165) is 22.7 Å². The Hall–Kier alpha value is -2.78. The van der Waals surface area contributed by atoms with Crippen molar-refractivity contribution in [1.29, 1.82) is 0 Å². The van der Waals surface area contributed by atoms with Crippen LogP contribution in [0.15, 0.2) is 71.6 Å². The quantitative estimate of drug-likeness (QED) is 0.234. The first-order chi connectivity index (χ1) is 18.9. The van der Waals surface area contributed by atoms with E-state index in [1.54, 1.807) is 55.5 Å². The number of nitrogens with zero attached hydrogens (tertiary/aromatic N) is 2. The summed E-state index contributed by atoms with van der Waals surface area (Å²) in [4.78, 5) is 28.3. The minimum atomic E-state index is -4.18. The van der Waals surface area contributed by atoms with E-state index in [1.165, 1.54) is 23.1 Å². The van der Waals surface area contributed by atoms with Crippen LogP contribution in [0.25, 0.3) is 0 Å². The van der Waals surface area contributed by atoms with Gasteiger partial charge >= 0.3 is 0 Å². The molecule has 0 aliphatic rings. The van der Waals surface area contributed by atoms with E-state index >= 15 is 0 Å². The molecule has 11 heteroatoms. The third-order valence-electron chi connectivity index (χ3n) is 6.32. The normalized spacial score (nSPS) is 12.1. The van der Waals surface area contributed by atoms with Gasteiger partial charge in [0.1, 0.15) is 12.6 Å². The summed E-state index contributed by atoms with van der Waals surface area (Å²) in [7, 11) is -4.18. The second-order valence-electron chi connectivity index (χ2n) is 9.40. The van der Waals surface area contributed by atoms with Gasteiger partial charge < -0.3 is 10.2 Å². The lowest BCUT2D eigenvalue weighted by atomic mass is 10.1. The molecule has 0 heterocycles. The number of rotatable bonds is 12. The van der Waals surface area contributed by atoms with Crippen LogP contribution in [0.5, 0.6) is 0 Å². The number of unbranched alkanes of at least 4 members (excludes halogenated alkanes) is 1. The largest absolute Gasteiger partial charge is 0.354 e. The number of carbonyl (C=O) groups excluding carboxylic acids is 2. The van der Waals surface area contributed by atoms with Gasteiger partial charge in [-0.05, 0) is 68.3 Å². The molecule has 0 aliphatic heterocycles. The van der Waals surface area contributed by atoms with Crippen LogP contribution in [0.1, 0.15) is 37.8 Å². The van der Waals surface area contributed by atoms with Gasteiger partial charge in [0.2, 0.25) is 11.8 Å². The number of halogens is 3. The van der Waals surface area contributed by atoms with Gasteiger partial charge in [0.25, 0.3) is 10.0 Å². The number of benzene rings is 3. The minimum absolute atomic E-state index is 0.00600. The van der Waals surface area contributed by atoms with E-state index in [1.807, 2.05) is 13.8 Å². The molecule has 0 saturated heterocycles. The lowest BCUT2D eigenvalue weighted by Crippen LogP contribution is -2.51. The van der Waals surface area contributed by atoms with Gasteiger partial charge in [-0.1, -0.05) is 78.0 Å². The summed E-state index contributed by atoms with van der Waals surface area (Å²) in [5, 5.41) is 3.81. The maximum atomic E-state index is 13.9. The van der Waals surface area contributed by atoms with E-state index in [9.17, 15) is 18.0 Å². The van der Waals surface area contributed by atoms with Crippen molar-refractivity contribution < 1.29 is 18.0 Å². The number of carbonyl (C=O) groups is 2. The van der Waals surface area contributed by atoms with Crippen molar-refractivity contribution in [2.45, 2.75) is 51.1 Å². The fourth-order valence-corrected chi connectivity index (χ4v) is 5.86. The molecule has 3 aromatic carbocycles. The summed E-state index contributed by atoms with van der Waals surface area (Å²) in [6.07, 6.45) is 1.68. The summed E-state index contributed by atoms with van der Waals surface area (Å²) >= 11 is 18.5. The number of aryl methyl sites for hydroxylation is 1. The van der Waals surface area contributed by atoms with Crippen molar-refractivity contribution in [2.24, 2.45) is 0 Å². The van der Waals surface area contributed by atoms with Crippen LogP contribution < -0.4 is 9.62 Å². The van der Waals surface area contributed by atoms with Gasteiger partial charge in [0.05, 0.1) is 20.6 Å². The first kappa shape index (κ1) is 31.7. The smallest absolute Gasteiger partial charge is 0.264 e. The molecule has 7 nitrogen and oxygen atoms in total. The molecule has 0 aromatic heterocycles. The van der Waals surface area contributed by atoms with Gasteiger partial charge in [-0.15, -0.1) is 0 Å². The Morgan fingerprint density at radius 3 is 2.27 bits per heavy atom. The van der Waals surface area contributed by atoms with E-state index in [4.69, 9.17) is 34.8 Å². The van der Waals surface area contributed by atoms with Crippen LogP contribution in [-0.4, -0.2) is 44.3 Å². The highest BCUT2D eigenvalue weighted by atomic mass is 35.5. The van der Waals surface area contributed by atoms with Crippen LogP contribution in [0.4, 0.5) is 5.69 Å². The summed E-state index contributed by atoms with van der Waals surface area (Å²) in [5.41, 5.74) is 1.74. The fraction of sp³-hybridized carbons (Fsp3) is 0.310. The molecule has 0 bridgehead atoms. The highest BCUT2D eigenvalue weighted by molar-refractivity contribution is 7.92. The van der Waals surface area contributed by atoms with E-state index in [2.05, 4.69) is 5.32 Å². The standard InChI is InChI=1S/C29H32Cl3N3O4S/c1-4-5-15-33-29(37)21(3)34(18-22-11-14-26(31)27(32)16-22)28(36)19-35(24-8-6-7-23(30)17-24)40(38,39)25-12-9-20(2)10-13-25/h6-14,16-17,21H,4-5,15,18-19H2,1-3H3,(H,33,37)/t21-/m0/s1. The van der Waals surface area contributed by atoms with E-state index in [-0.39, 0.29) is 23.0 Å². The summed E-state index contributed by atoms with van der Waals surface area (Å²) in [6.45, 7) is 5.37. The Bertz CT molecular complexity index is 1450. The Morgan fingerprint density at radius 2 is 1.65 bits per heavy atom. The number of amides is 2. The van der Waals surface area contributed by atoms with Crippen molar-refractivity contribution >= 4 is 62.3 Å². The molecule has 2 amide bonds. The minimum Gasteiger partial charge on any atom is -0.354 e. The third kappa shape index (κ3) is 8.13. The summed E-state index contributed by atoms with van der Waals surface area (Å²) in [6, 6.07) is 16.6. The molecule has 0 unspecified atom stereocenters. The Labute approximate surface area is 251 Å². The fourth-order valence-electron chi connectivity index (χ4n) is 3.95. The zero-order chi connectivity index (χ0) is 29.4. The summed E-state index contributed by atoms with van der Waals surface area (Å²) in [5.74, 6) is -0.933. The van der Waals surface area contributed by atoms with E-state index in [0.29, 0.717) is 27.2 Å².